The molecule has 0 fully saturated rings. The van der Waals surface area contributed by atoms with E-state index in [0.717, 1.165) is 17.1 Å². The molecule has 2 nitrogen and oxygen atoms in total. The molecule has 0 bridgehead atoms. The quantitative estimate of drug-likeness (QED) is 0.751. The molecule has 1 aromatic carbocycles. The molecule has 0 unspecified atom stereocenters. The first kappa shape index (κ1) is 9.36. The topological polar surface area (TPSA) is 18.5 Å². The molecule has 1 aromatic rings. The molecule has 2 rings (SSSR count). The first-order chi connectivity index (χ1) is 6.31. The minimum absolute atomic E-state index is 0.330. The molecule has 13 heavy (non-hydrogen) atoms. The third-order valence-electron chi connectivity index (χ3n) is 1.94. The second kappa shape index (κ2) is 3.90. The molecule has 64 valence electrons. The van der Waals surface area contributed by atoms with Gasteiger partial charge in [0.05, 0.1) is 0 Å². The van der Waals surface area contributed by atoms with Crippen molar-refractivity contribution in [2.75, 3.05) is 6.79 Å². The van der Waals surface area contributed by atoms with Crippen molar-refractivity contribution in [1.82, 2.24) is 0 Å². The molecule has 0 radical (unpaired) electrons. The summed E-state index contributed by atoms with van der Waals surface area (Å²) in [6, 6.07) is 5.93. The van der Waals surface area contributed by atoms with Gasteiger partial charge in [0, 0.05) is 0 Å². The zero-order valence-corrected chi connectivity index (χ0v) is 10.0. The van der Waals surface area contributed by atoms with E-state index in [1.54, 1.807) is 0 Å². The molecule has 0 saturated carbocycles. The molecule has 0 atom stereocenters. The summed E-state index contributed by atoms with van der Waals surface area (Å²) in [5.41, 5.74) is 1.15. The largest absolute Gasteiger partial charge is 0.506 e. The summed E-state index contributed by atoms with van der Waals surface area (Å²) in [7, 11) is 0. The maximum absolute atomic E-state index is 5.27. The van der Waals surface area contributed by atoms with E-state index in [9.17, 15) is 0 Å². The van der Waals surface area contributed by atoms with Gasteiger partial charge in [0.1, 0.15) is 0 Å². The first-order valence-corrected chi connectivity index (χ1v) is 8.55. The second-order valence-electron chi connectivity index (χ2n) is 2.81. The summed E-state index contributed by atoms with van der Waals surface area (Å²) in [6.07, 6.45) is 0. The van der Waals surface area contributed by atoms with E-state index in [2.05, 4.69) is 19.5 Å². The van der Waals surface area contributed by atoms with Crippen molar-refractivity contribution in [3.8, 4) is 11.5 Å². The van der Waals surface area contributed by atoms with Gasteiger partial charge in [-0.2, -0.15) is 3.70 Å². The normalized spacial score (nSPS) is 12.4. The van der Waals surface area contributed by atoms with Gasteiger partial charge in [-0.1, -0.05) is 6.07 Å². The zero-order chi connectivity index (χ0) is 9.26. The van der Waals surface area contributed by atoms with Crippen molar-refractivity contribution in [3.05, 3.63) is 30.3 Å². The van der Waals surface area contributed by atoms with E-state index >= 15 is 0 Å². The molecule has 4 heteroatoms. The smallest absolute Gasteiger partial charge is 0.454 e. The maximum Gasteiger partial charge on any atom is 0.506 e. The Morgan fingerprint density at radius 2 is 2.15 bits per heavy atom. The standard InChI is InChI=1S/C9H7O2.BrH.Mg/c1-2-7-3-4-8-9(5-7)11-6-10-8;;/h3-5H,1,6H2;1H;/q;;+1/p-1. The van der Waals surface area contributed by atoms with Crippen LogP contribution in [0.4, 0.5) is 0 Å². The molecule has 1 aliphatic rings. The average Bonchev–Trinajstić information content (AvgIpc) is 2.63. The Morgan fingerprint density at radius 3 is 2.92 bits per heavy atom. The van der Waals surface area contributed by atoms with Crippen LogP contribution in [0.5, 0.6) is 11.5 Å². The van der Waals surface area contributed by atoms with Gasteiger partial charge in [0.25, 0.3) is 0 Å². The molecule has 0 spiro atoms. The number of benzene rings is 1. The van der Waals surface area contributed by atoms with Crippen molar-refractivity contribution in [2.24, 2.45) is 0 Å². The van der Waals surface area contributed by atoms with Crippen LogP contribution in [-0.2, 0) is 0 Å². The van der Waals surface area contributed by atoms with Gasteiger partial charge in [-0.25, -0.2) is 0 Å². The van der Waals surface area contributed by atoms with Crippen LogP contribution < -0.4 is 9.47 Å². The predicted octanol–water partition coefficient (Wildman–Crippen LogP) is 2.40. The Kier molecular flexibility index (Phi) is 2.81. The van der Waals surface area contributed by atoms with Crippen LogP contribution in [0.1, 0.15) is 5.56 Å². The number of halogens is 1. The van der Waals surface area contributed by atoms with Gasteiger partial charge in [0.2, 0.25) is 6.79 Å². The minimum Gasteiger partial charge on any atom is -0.454 e. The Morgan fingerprint density at radius 1 is 1.38 bits per heavy atom. The third-order valence-corrected chi connectivity index (χ3v) is 4.70. The number of hydrogen-bond acceptors (Lipinski definition) is 2. The summed E-state index contributed by atoms with van der Waals surface area (Å²) >= 11 is 3.15. The number of rotatable bonds is 2. The minimum atomic E-state index is -0.354. The molecule has 1 aliphatic heterocycles. The van der Waals surface area contributed by atoms with E-state index in [-0.39, 0.29) is 18.2 Å². The van der Waals surface area contributed by atoms with E-state index in [1.165, 1.54) is 3.70 Å². The summed E-state index contributed by atoms with van der Waals surface area (Å²) in [6.45, 7) is 4.32. The summed E-state index contributed by atoms with van der Waals surface area (Å²) < 4.78 is 11.7. The molecule has 0 amide bonds. The van der Waals surface area contributed by atoms with E-state index in [4.69, 9.17) is 9.47 Å². The Hall–Kier alpha value is -0.194. The lowest BCUT2D eigenvalue weighted by molar-refractivity contribution is 0.174. The summed E-state index contributed by atoms with van der Waals surface area (Å²) in [4.78, 5) is 0. The fourth-order valence-electron chi connectivity index (χ4n) is 1.19. The van der Waals surface area contributed by atoms with Crippen molar-refractivity contribution in [1.29, 1.82) is 0 Å². The van der Waals surface area contributed by atoms with Gasteiger partial charge in [-0.05, 0) is 17.7 Å². The third kappa shape index (κ3) is 1.84. The second-order valence-corrected chi connectivity index (χ2v) is 5.61. The summed E-state index contributed by atoms with van der Waals surface area (Å²) in [5, 5.41) is 0. The molecular weight excluding hydrogens is 244 g/mol. The van der Waals surface area contributed by atoms with Gasteiger partial charge in [-0.3, -0.25) is 12.9 Å². The Labute approximate surface area is 92.5 Å². The van der Waals surface area contributed by atoms with E-state index in [1.807, 2.05) is 18.2 Å². The zero-order valence-electron chi connectivity index (χ0n) is 7.05. The van der Waals surface area contributed by atoms with Crippen molar-refractivity contribution >= 4 is 34.8 Å². The first-order valence-electron chi connectivity index (χ1n) is 3.95. The molecule has 0 aromatic heterocycles. The van der Waals surface area contributed by atoms with Gasteiger partial charge < -0.3 is 9.47 Å². The lowest BCUT2D eigenvalue weighted by Crippen LogP contribution is -1.93. The fourth-order valence-corrected chi connectivity index (χ4v) is 2.54. The highest BCUT2D eigenvalue weighted by Gasteiger charge is 2.13. The van der Waals surface area contributed by atoms with Crippen LogP contribution in [-0.4, -0.2) is 25.0 Å². The van der Waals surface area contributed by atoms with Crippen molar-refractivity contribution < 1.29 is 9.47 Å². The molecular formula is C9H7BrMgO2. The fraction of sp³-hybridized carbons (Fsp3) is 0.111. The predicted molar refractivity (Wildman–Crippen MR) is 56.3 cm³/mol. The number of fused-ring (bicyclic) bond motifs is 1. The van der Waals surface area contributed by atoms with Crippen LogP contribution >= 0.6 is 12.9 Å². The average molecular weight is 251 g/mol. The van der Waals surface area contributed by atoms with Crippen LogP contribution in [0.2, 0.25) is 0 Å². The van der Waals surface area contributed by atoms with Crippen LogP contribution in [0.15, 0.2) is 24.8 Å². The van der Waals surface area contributed by atoms with Crippen LogP contribution in [0.3, 0.4) is 0 Å². The number of hydrogen-bond donors (Lipinski definition) is 0. The Bertz CT molecular complexity index is 351. The van der Waals surface area contributed by atoms with E-state index < -0.39 is 0 Å². The molecule has 0 aliphatic carbocycles. The van der Waals surface area contributed by atoms with Gasteiger partial charge in [-0.15, -0.1) is 6.58 Å². The van der Waals surface area contributed by atoms with Gasteiger partial charge >= 0.3 is 18.2 Å². The van der Waals surface area contributed by atoms with Crippen molar-refractivity contribution in [3.63, 3.8) is 0 Å². The van der Waals surface area contributed by atoms with Crippen LogP contribution in [0, 0.1) is 0 Å². The number of ether oxygens (including phenoxy) is 2. The maximum atomic E-state index is 5.27. The lowest BCUT2D eigenvalue weighted by atomic mass is 10.2. The highest BCUT2D eigenvalue weighted by molar-refractivity contribution is 9.23. The lowest BCUT2D eigenvalue weighted by Gasteiger charge is -2.02. The molecule has 1 heterocycles. The van der Waals surface area contributed by atoms with E-state index in [0.29, 0.717) is 6.79 Å². The monoisotopic (exact) mass is 250 g/mol. The molecule has 0 saturated heterocycles. The summed E-state index contributed by atoms with van der Waals surface area (Å²) in [5.74, 6) is 1.65. The highest BCUT2D eigenvalue weighted by atomic mass is 79.9. The highest BCUT2D eigenvalue weighted by Crippen LogP contribution is 2.34. The van der Waals surface area contributed by atoms with Gasteiger partial charge in [0.15, 0.2) is 11.5 Å². The van der Waals surface area contributed by atoms with Crippen LogP contribution in [0.25, 0.3) is 3.70 Å². The van der Waals surface area contributed by atoms with Crippen molar-refractivity contribution in [2.45, 2.75) is 0 Å². The SMILES string of the molecule is C=[C]([Mg][Br])c1ccc2c(c1)OCO2. The Balaban J connectivity index is 2.36. The molecule has 0 N–H and O–H groups in total.